The van der Waals surface area contributed by atoms with Gasteiger partial charge in [-0.05, 0) is 42.0 Å². The van der Waals surface area contributed by atoms with Crippen LogP contribution in [0.5, 0.6) is 0 Å². The quantitative estimate of drug-likeness (QED) is 0.562. The van der Waals surface area contributed by atoms with Crippen LogP contribution in [0.2, 0.25) is 5.02 Å². The average Bonchev–Trinajstić information content (AvgIpc) is 3.11. The van der Waals surface area contributed by atoms with Gasteiger partial charge in [-0.3, -0.25) is 4.79 Å². The number of halogens is 2. The SMILES string of the molecule is CN(Cc1ccc(Br)cc1)C(=O)CCc1nc(-c2ccc(Cl)cc2)no1. The summed E-state index contributed by atoms with van der Waals surface area (Å²) >= 11 is 9.28. The van der Waals surface area contributed by atoms with E-state index in [9.17, 15) is 4.79 Å². The van der Waals surface area contributed by atoms with E-state index in [-0.39, 0.29) is 5.91 Å². The maximum absolute atomic E-state index is 12.3. The number of amides is 1. The Bertz CT molecular complexity index is 879. The van der Waals surface area contributed by atoms with E-state index in [1.54, 1.807) is 24.1 Å². The van der Waals surface area contributed by atoms with Gasteiger partial charge in [0.2, 0.25) is 17.6 Å². The highest BCUT2D eigenvalue weighted by Crippen LogP contribution is 2.19. The lowest BCUT2D eigenvalue weighted by molar-refractivity contribution is -0.130. The van der Waals surface area contributed by atoms with E-state index < -0.39 is 0 Å². The van der Waals surface area contributed by atoms with Gasteiger partial charge in [0.05, 0.1) is 0 Å². The highest BCUT2D eigenvalue weighted by atomic mass is 79.9. The van der Waals surface area contributed by atoms with Crippen molar-refractivity contribution in [2.45, 2.75) is 19.4 Å². The molecular formula is C19H17BrClN3O2. The van der Waals surface area contributed by atoms with Crippen LogP contribution in [-0.4, -0.2) is 28.0 Å². The maximum atomic E-state index is 12.3. The molecule has 0 saturated carbocycles. The van der Waals surface area contributed by atoms with Crippen LogP contribution in [0, 0.1) is 0 Å². The second-order valence-electron chi connectivity index (χ2n) is 5.89. The van der Waals surface area contributed by atoms with Crippen molar-refractivity contribution in [2.75, 3.05) is 7.05 Å². The molecule has 7 heteroatoms. The van der Waals surface area contributed by atoms with Crippen molar-refractivity contribution in [1.29, 1.82) is 0 Å². The number of aryl methyl sites for hydroxylation is 1. The summed E-state index contributed by atoms with van der Waals surface area (Å²) < 4.78 is 6.26. The first-order valence-electron chi connectivity index (χ1n) is 8.08. The van der Waals surface area contributed by atoms with Gasteiger partial charge in [0.25, 0.3) is 0 Å². The molecule has 0 bridgehead atoms. The summed E-state index contributed by atoms with van der Waals surface area (Å²) in [6, 6.07) is 15.1. The van der Waals surface area contributed by atoms with Gasteiger partial charge in [-0.15, -0.1) is 0 Å². The number of benzene rings is 2. The third kappa shape index (κ3) is 4.93. The van der Waals surface area contributed by atoms with E-state index in [1.807, 2.05) is 36.4 Å². The van der Waals surface area contributed by atoms with Gasteiger partial charge in [0.15, 0.2) is 0 Å². The monoisotopic (exact) mass is 433 g/mol. The number of carbonyl (C=O) groups is 1. The summed E-state index contributed by atoms with van der Waals surface area (Å²) in [7, 11) is 1.79. The molecule has 134 valence electrons. The highest BCUT2D eigenvalue weighted by Gasteiger charge is 2.13. The first-order valence-corrected chi connectivity index (χ1v) is 9.25. The Morgan fingerprint density at radius 1 is 1.15 bits per heavy atom. The lowest BCUT2D eigenvalue weighted by atomic mass is 10.2. The Kier molecular flexibility index (Phi) is 6.06. The number of carbonyl (C=O) groups excluding carboxylic acids is 1. The fourth-order valence-electron chi connectivity index (χ4n) is 2.43. The van der Waals surface area contributed by atoms with E-state index in [4.69, 9.17) is 16.1 Å². The molecule has 0 unspecified atom stereocenters. The second-order valence-corrected chi connectivity index (χ2v) is 7.25. The third-order valence-electron chi connectivity index (χ3n) is 3.88. The largest absolute Gasteiger partial charge is 0.341 e. The fraction of sp³-hybridized carbons (Fsp3) is 0.211. The normalized spacial score (nSPS) is 10.7. The molecule has 0 aliphatic carbocycles. The molecule has 0 fully saturated rings. The molecule has 1 amide bonds. The summed E-state index contributed by atoms with van der Waals surface area (Å²) in [6.07, 6.45) is 0.722. The minimum atomic E-state index is 0.0270. The van der Waals surface area contributed by atoms with Gasteiger partial charge >= 0.3 is 0 Å². The molecule has 1 aromatic heterocycles. The smallest absolute Gasteiger partial charge is 0.227 e. The zero-order chi connectivity index (χ0) is 18.5. The fourth-order valence-corrected chi connectivity index (χ4v) is 2.82. The van der Waals surface area contributed by atoms with Crippen molar-refractivity contribution >= 4 is 33.4 Å². The van der Waals surface area contributed by atoms with Crippen LogP contribution in [0.15, 0.2) is 57.5 Å². The molecule has 0 N–H and O–H groups in total. The minimum absolute atomic E-state index is 0.0270. The van der Waals surface area contributed by atoms with Crippen LogP contribution in [0.3, 0.4) is 0 Å². The van der Waals surface area contributed by atoms with Gasteiger partial charge in [-0.25, -0.2) is 0 Å². The van der Waals surface area contributed by atoms with Crippen molar-refractivity contribution < 1.29 is 9.32 Å². The van der Waals surface area contributed by atoms with E-state index in [0.29, 0.717) is 36.1 Å². The molecule has 26 heavy (non-hydrogen) atoms. The molecule has 3 rings (SSSR count). The van der Waals surface area contributed by atoms with Crippen LogP contribution in [0.1, 0.15) is 17.9 Å². The number of rotatable bonds is 6. The van der Waals surface area contributed by atoms with E-state index in [0.717, 1.165) is 15.6 Å². The van der Waals surface area contributed by atoms with Crippen LogP contribution in [-0.2, 0) is 17.8 Å². The van der Waals surface area contributed by atoms with E-state index in [1.165, 1.54) is 0 Å². The van der Waals surface area contributed by atoms with E-state index in [2.05, 4.69) is 26.1 Å². The standard InChI is InChI=1S/C19H17BrClN3O2/c1-24(12-13-2-6-15(20)7-3-13)18(25)11-10-17-22-19(23-26-17)14-4-8-16(21)9-5-14/h2-9H,10-12H2,1H3. The molecule has 0 aliphatic rings. The Labute approximate surface area is 165 Å². The Hall–Kier alpha value is -2.18. The summed E-state index contributed by atoms with van der Waals surface area (Å²) in [5, 5.41) is 4.61. The summed E-state index contributed by atoms with van der Waals surface area (Å²) in [4.78, 5) is 18.3. The van der Waals surface area contributed by atoms with Gasteiger partial charge in [-0.2, -0.15) is 4.98 Å². The third-order valence-corrected chi connectivity index (χ3v) is 4.66. The summed E-state index contributed by atoms with van der Waals surface area (Å²) in [5.74, 6) is 0.965. The van der Waals surface area contributed by atoms with Gasteiger partial charge in [-0.1, -0.05) is 44.8 Å². The van der Waals surface area contributed by atoms with Crippen molar-refractivity contribution in [3.63, 3.8) is 0 Å². The van der Waals surface area contributed by atoms with Crippen LogP contribution < -0.4 is 0 Å². The first kappa shape index (κ1) is 18.6. The van der Waals surface area contributed by atoms with Crippen LogP contribution in [0.25, 0.3) is 11.4 Å². The first-order chi connectivity index (χ1) is 12.5. The lowest BCUT2D eigenvalue weighted by Crippen LogP contribution is -2.26. The number of nitrogens with zero attached hydrogens (tertiary/aromatic N) is 3. The van der Waals surface area contributed by atoms with Crippen molar-refractivity contribution in [3.8, 4) is 11.4 Å². The van der Waals surface area contributed by atoms with Gasteiger partial charge in [0, 0.05) is 41.5 Å². The van der Waals surface area contributed by atoms with Crippen molar-refractivity contribution in [3.05, 3.63) is 69.5 Å². The molecule has 0 aliphatic heterocycles. The molecule has 0 atom stereocenters. The molecule has 2 aromatic carbocycles. The van der Waals surface area contributed by atoms with E-state index >= 15 is 0 Å². The highest BCUT2D eigenvalue weighted by molar-refractivity contribution is 9.10. The van der Waals surface area contributed by atoms with Crippen LogP contribution >= 0.6 is 27.5 Å². The Balaban J connectivity index is 1.54. The Morgan fingerprint density at radius 3 is 2.54 bits per heavy atom. The summed E-state index contributed by atoms with van der Waals surface area (Å²) in [5.41, 5.74) is 1.90. The maximum Gasteiger partial charge on any atom is 0.227 e. The second kappa shape index (κ2) is 8.47. The zero-order valence-electron chi connectivity index (χ0n) is 14.2. The topological polar surface area (TPSA) is 59.2 Å². The average molecular weight is 435 g/mol. The minimum Gasteiger partial charge on any atom is -0.341 e. The van der Waals surface area contributed by atoms with Crippen LogP contribution in [0.4, 0.5) is 0 Å². The molecule has 0 saturated heterocycles. The molecule has 5 nitrogen and oxygen atoms in total. The van der Waals surface area contributed by atoms with Gasteiger partial charge in [0.1, 0.15) is 0 Å². The zero-order valence-corrected chi connectivity index (χ0v) is 16.5. The Morgan fingerprint density at radius 2 is 1.85 bits per heavy atom. The molecule has 0 spiro atoms. The summed E-state index contributed by atoms with van der Waals surface area (Å²) in [6.45, 7) is 0.561. The van der Waals surface area contributed by atoms with Crippen molar-refractivity contribution in [2.24, 2.45) is 0 Å². The predicted octanol–water partition coefficient (Wildman–Crippen LogP) is 4.74. The predicted molar refractivity (Wildman–Crippen MR) is 104 cm³/mol. The molecule has 0 radical (unpaired) electrons. The number of hydrogen-bond donors (Lipinski definition) is 0. The van der Waals surface area contributed by atoms with Crippen molar-refractivity contribution in [1.82, 2.24) is 15.0 Å². The number of aromatic nitrogens is 2. The number of hydrogen-bond acceptors (Lipinski definition) is 4. The molecule has 1 heterocycles. The lowest BCUT2D eigenvalue weighted by Gasteiger charge is -2.16. The van der Waals surface area contributed by atoms with Gasteiger partial charge < -0.3 is 9.42 Å². The molecule has 3 aromatic rings. The molecular weight excluding hydrogens is 418 g/mol.